The summed E-state index contributed by atoms with van der Waals surface area (Å²) < 4.78 is 10.7. The maximum atomic E-state index is 12.1. The van der Waals surface area contributed by atoms with Gasteiger partial charge >= 0.3 is 0 Å². The number of Topliss-reactive ketones (excluding diaryl/α,β-unsaturated/α-hetero) is 1. The number of carbonyl (C=O) groups is 1. The van der Waals surface area contributed by atoms with Crippen LogP contribution in [-0.4, -0.2) is 81.3 Å². The lowest BCUT2D eigenvalue weighted by Gasteiger charge is -2.39. The molecule has 0 radical (unpaired) electrons. The Labute approximate surface area is 256 Å². The fourth-order valence-electron chi connectivity index (χ4n) is 5.74. The Balaban J connectivity index is 1.78. The van der Waals surface area contributed by atoms with Crippen LogP contribution >= 0.6 is 0 Å². The number of ketones is 1. The molecule has 0 aliphatic carbocycles. The highest BCUT2D eigenvalue weighted by Gasteiger charge is 2.43. The van der Waals surface area contributed by atoms with Gasteiger partial charge in [-0.1, -0.05) is 128 Å². The number of hydrogen-bond donors (Lipinski definition) is 5. The van der Waals surface area contributed by atoms with Gasteiger partial charge in [-0.05, 0) is 19.8 Å². The predicted molar refractivity (Wildman–Crippen MR) is 167 cm³/mol. The van der Waals surface area contributed by atoms with Gasteiger partial charge in [-0.3, -0.25) is 4.79 Å². The molecular formula is C34H66O8. The largest absolute Gasteiger partial charge is 0.394 e. The van der Waals surface area contributed by atoms with E-state index in [1.807, 2.05) is 6.92 Å². The highest BCUT2D eigenvalue weighted by molar-refractivity contribution is 5.78. The Morgan fingerprint density at radius 3 is 1.43 bits per heavy atom. The number of carbonyl (C=O) groups excluding carboxylic acids is 1. The van der Waals surface area contributed by atoms with Gasteiger partial charge in [0.2, 0.25) is 0 Å². The van der Waals surface area contributed by atoms with Crippen LogP contribution in [0.3, 0.4) is 0 Å². The van der Waals surface area contributed by atoms with Crippen LogP contribution in [0.5, 0.6) is 0 Å². The number of rotatable bonds is 29. The molecule has 0 amide bonds. The lowest BCUT2D eigenvalue weighted by Crippen LogP contribution is -2.59. The average molecular weight is 603 g/mol. The minimum Gasteiger partial charge on any atom is -0.394 e. The maximum Gasteiger partial charge on any atom is 0.186 e. The van der Waals surface area contributed by atoms with Crippen LogP contribution in [0, 0.1) is 0 Å². The van der Waals surface area contributed by atoms with Crippen LogP contribution in [0.2, 0.25) is 0 Å². The molecule has 1 unspecified atom stereocenters. The van der Waals surface area contributed by atoms with Gasteiger partial charge in [0, 0.05) is 12.8 Å². The van der Waals surface area contributed by atoms with E-state index in [-0.39, 0.29) is 24.9 Å². The maximum absolute atomic E-state index is 12.1. The molecule has 0 spiro atoms. The molecule has 1 rings (SSSR count). The first-order valence-electron chi connectivity index (χ1n) is 17.5. The van der Waals surface area contributed by atoms with Crippen LogP contribution in [0.1, 0.15) is 161 Å². The van der Waals surface area contributed by atoms with Crippen LogP contribution in [0.4, 0.5) is 0 Å². The first-order valence-corrected chi connectivity index (χ1v) is 17.5. The van der Waals surface area contributed by atoms with Crippen molar-refractivity contribution < 1.29 is 39.8 Å². The second-order valence-corrected chi connectivity index (χ2v) is 12.7. The third-order valence-corrected chi connectivity index (χ3v) is 8.59. The molecule has 250 valence electrons. The minimum atomic E-state index is -1.47. The van der Waals surface area contributed by atoms with Crippen LogP contribution in [-0.2, 0) is 14.3 Å². The molecular weight excluding hydrogens is 536 g/mol. The molecule has 0 aromatic carbocycles. The van der Waals surface area contributed by atoms with Crippen molar-refractivity contribution in [2.24, 2.45) is 0 Å². The number of ether oxygens (including phenoxy) is 2. The van der Waals surface area contributed by atoms with Crippen molar-refractivity contribution in [3.63, 3.8) is 0 Å². The molecule has 0 saturated carbocycles. The zero-order chi connectivity index (χ0) is 30.8. The highest BCUT2D eigenvalue weighted by atomic mass is 16.7. The molecule has 0 bridgehead atoms. The number of aliphatic hydroxyl groups is 5. The van der Waals surface area contributed by atoms with E-state index in [1.54, 1.807) is 0 Å². The van der Waals surface area contributed by atoms with Gasteiger partial charge < -0.3 is 35.0 Å². The Bertz CT molecular complexity index is 614. The Morgan fingerprint density at radius 2 is 1.02 bits per heavy atom. The van der Waals surface area contributed by atoms with Gasteiger partial charge in [-0.2, -0.15) is 0 Å². The summed E-state index contributed by atoms with van der Waals surface area (Å²) in [5.41, 5.74) is 0. The molecule has 42 heavy (non-hydrogen) atoms. The summed E-state index contributed by atoms with van der Waals surface area (Å²) in [7, 11) is 0. The van der Waals surface area contributed by atoms with Gasteiger partial charge in [0.1, 0.15) is 30.2 Å². The smallest absolute Gasteiger partial charge is 0.186 e. The Kier molecular flexibility index (Phi) is 25.1. The topological polar surface area (TPSA) is 137 Å². The van der Waals surface area contributed by atoms with Crippen molar-refractivity contribution in [1.29, 1.82) is 0 Å². The molecule has 1 aliphatic rings. The molecule has 0 aromatic heterocycles. The number of aliphatic hydroxyl groups excluding tert-OH is 5. The summed E-state index contributed by atoms with van der Waals surface area (Å²) in [6, 6.07) is 0. The van der Waals surface area contributed by atoms with E-state index < -0.39 is 37.3 Å². The monoisotopic (exact) mass is 602 g/mol. The first-order chi connectivity index (χ1) is 20.4. The lowest BCUT2D eigenvalue weighted by atomic mass is 9.99. The van der Waals surface area contributed by atoms with Gasteiger partial charge in [-0.15, -0.1) is 0 Å². The van der Waals surface area contributed by atoms with Crippen molar-refractivity contribution in [3.05, 3.63) is 0 Å². The van der Waals surface area contributed by atoms with E-state index >= 15 is 0 Å². The molecule has 1 heterocycles. The third kappa shape index (κ3) is 20.4. The van der Waals surface area contributed by atoms with Crippen molar-refractivity contribution in [3.8, 4) is 0 Å². The molecule has 5 N–H and O–H groups in total. The van der Waals surface area contributed by atoms with Crippen molar-refractivity contribution in [2.75, 3.05) is 13.2 Å². The van der Waals surface area contributed by atoms with E-state index in [0.29, 0.717) is 6.42 Å². The molecule has 8 nitrogen and oxygen atoms in total. The van der Waals surface area contributed by atoms with E-state index in [0.717, 1.165) is 19.3 Å². The number of hydrogen-bond acceptors (Lipinski definition) is 8. The Hall–Kier alpha value is -0.610. The summed E-state index contributed by atoms with van der Waals surface area (Å²) in [6.07, 6.45) is 22.3. The average Bonchev–Trinajstić information content (AvgIpc) is 2.97. The van der Waals surface area contributed by atoms with Crippen molar-refractivity contribution in [2.45, 2.75) is 198 Å². The summed E-state index contributed by atoms with van der Waals surface area (Å²) in [4.78, 5) is 12.1. The van der Waals surface area contributed by atoms with Gasteiger partial charge in [-0.25, -0.2) is 0 Å². The molecule has 1 saturated heterocycles. The summed E-state index contributed by atoms with van der Waals surface area (Å²) in [5, 5.41) is 48.0. The molecule has 8 heteroatoms. The zero-order valence-corrected chi connectivity index (χ0v) is 26.8. The highest BCUT2D eigenvalue weighted by Crippen LogP contribution is 2.22. The first kappa shape index (κ1) is 39.4. The quantitative estimate of drug-likeness (QED) is 0.0647. The molecule has 1 aliphatic heterocycles. The van der Waals surface area contributed by atoms with E-state index in [2.05, 4.69) is 0 Å². The predicted octanol–water partition coefficient (Wildman–Crippen LogP) is 6.12. The summed E-state index contributed by atoms with van der Waals surface area (Å²) in [5.74, 6) is 0.103. The fourth-order valence-corrected chi connectivity index (χ4v) is 5.74. The third-order valence-electron chi connectivity index (χ3n) is 8.59. The van der Waals surface area contributed by atoms with Crippen molar-refractivity contribution in [1.82, 2.24) is 0 Å². The second-order valence-electron chi connectivity index (χ2n) is 12.7. The number of unbranched alkanes of at least 4 members (excludes halogenated alkanes) is 20. The van der Waals surface area contributed by atoms with E-state index in [9.17, 15) is 30.3 Å². The minimum absolute atomic E-state index is 0.0648. The summed E-state index contributed by atoms with van der Waals surface area (Å²) in [6.45, 7) is 1.45. The van der Waals surface area contributed by atoms with Gasteiger partial charge in [0.15, 0.2) is 6.29 Å². The molecule has 6 atom stereocenters. The fraction of sp³-hybridized carbons (Fsp3) is 0.971. The van der Waals surface area contributed by atoms with Gasteiger partial charge in [0.25, 0.3) is 0 Å². The summed E-state index contributed by atoms with van der Waals surface area (Å²) >= 11 is 0. The SMILES string of the molecule is CC(O)CCCCCCCCCCCCCCCCCCCCCCCC(=O)CCO[C@@H]1O[C@H](CO)[C@H](O)[C@H](O)[C@H]1O. The lowest BCUT2D eigenvalue weighted by molar-refractivity contribution is -0.300. The van der Waals surface area contributed by atoms with Crippen LogP contribution in [0.15, 0.2) is 0 Å². The van der Waals surface area contributed by atoms with Crippen LogP contribution < -0.4 is 0 Å². The standard InChI is InChI=1S/C34H66O8/c1-28(36)23-21-19-17-15-13-11-9-7-5-3-2-4-6-8-10-12-14-16-18-20-22-24-29(37)25-26-41-34-33(40)32(39)31(38)30(27-35)42-34/h28,30-36,38-40H,2-27H2,1H3/t28?,30-,31+,32+,33-,34-/m1/s1. The molecule has 1 fully saturated rings. The van der Waals surface area contributed by atoms with Crippen molar-refractivity contribution >= 4 is 5.78 Å². The normalized spacial score (nSPS) is 23.3. The van der Waals surface area contributed by atoms with E-state index in [4.69, 9.17) is 9.47 Å². The zero-order valence-electron chi connectivity index (χ0n) is 26.8. The van der Waals surface area contributed by atoms with Crippen LogP contribution in [0.25, 0.3) is 0 Å². The second kappa shape index (κ2) is 26.8. The molecule has 0 aromatic rings. The van der Waals surface area contributed by atoms with E-state index in [1.165, 1.54) is 122 Å². The van der Waals surface area contributed by atoms with Gasteiger partial charge in [0.05, 0.1) is 19.3 Å². The Morgan fingerprint density at radius 1 is 0.619 bits per heavy atom.